The lowest BCUT2D eigenvalue weighted by Crippen LogP contribution is -2.33. The number of nitrogens with zero attached hydrogens (tertiary/aromatic N) is 3. The van der Waals surface area contributed by atoms with Crippen molar-refractivity contribution in [3.63, 3.8) is 0 Å². The molecule has 0 unspecified atom stereocenters. The highest BCUT2D eigenvalue weighted by Crippen LogP contribution is 2.34. The van der Waals surface area contributed by atoms with Gasteiger partial charge in [0.15, 0.2) is 0 Å². The minimum atomic E-state index is -0.274. The minimum absolute atomic E-state index is 0.0556. The second kappa shape index (κ2) is 13.0. The van der Waals surface area contributed by atoms with Crippen LogP contribution in [-0.4, -0.2) is 62.5 Å². The highest BCUT2D eigenvalue weighted by Gasteiger charge is 2.33. The predicted octanol–water partition coefficient (Wildman–Crippen LogP) is 3.53. The zero-order valence-corrected chi connectivity index (χ0v) is 21.3. The molecule has 34 heavy (non-hydrogen) atoms. The SMILES string of the molecule is CCCC[C@@H](CC)CN1C(=O)/C(=C/c2c(NCCOCCO)nc3ccccn3c2=O)SC1=S. The highest BCUT2D eigenvalue weighted by molar-refractivity contribution is 8.26. The van der Waals surface area contributed by atoms with E-state index in [2.05, 4.69) is 24.1 Å². The Kier molecular flexibility index (Phi) is 10.1. The fourth-order valence-corrected chi connectivity index (χ4v) is 5.00. The first-order chi connectivity index (χ1) is 16.5. The third-order valence-corrected chi connectivity index (χ3v) is 7.05. The van der Waals surface area contributed by atoms with Crippen LogP contribution >= 0.6 is 24.0 Å². The summed E-state index contributed by atoms with van der Waals surface area (Å²) in [5.41, 5.74) is 0.520. The van der Waals surface area contributed by atoms with Gasteiger partial charge in [-0.1, -0.05) is 63.2 Å². The van der Waals surface area contributed by atoms with E-state index >= 15 is 0 Å². The van der Waals surface area contributed by atoms with Gasteiger partial charge in [0.1, 0.15) is 15.8 Å². The number of hydrogen-bond donors (Lipinski definition) is 2. The molecule has 1 atom stereocenters. The topological polar surface area (TPSA) is 96.2 Å². The quantitative estimate of drug-likeness (QED) is 0.243. The summed E-state index contributed by atoms with van der Waals surface area (Å²) in [4.78, 5) is 33.2. The molecule has 0 spiro atoms. The second-order valence-electron chi connectivity index (χ2n) is 8.08. The number of thiocarbonyl (C=S) groups is 1. The number of aliphatic hydroxyl groups excluding tert-OH is 1. The Morgan fingerprint density at radius 1 is 1.29 bits per heavy atom. The summed E-state index contributed by atoms with van der Waals surface area (Å²) in [6.07, 6.45) is 7.54. The molecule has 1 amide bonds. The molecule has 1 fully saturated rings. The van der Waals surface area contributed by atoms with E-state index in [0.29, 0.717) is 51.9 Å². The average molecular weight is 505 g/mol. The monoisotopic (exact) mass is 504 g/mol. The van der Waals surface area contributed by atoms with Gasteiger partial charge in [0.2, 0.25) is 0 Å². The van der Waals surface area contributed by atoms with Crippen molar-refractivity contribution < 1.29 is 14.6 Å². The number of nitrogens with one attached hydrogen (secondary N) is 1. The van der Waals surface area contributed by atoms with Crippen molar-refractivity contribution in [3.8, 4) is 0 Å². The molecule has 0 bridgehead atoms. The number of aliphatic hydroxyl groups is 1. The maximum Gasteiger partial charge on any atom is 0.267 e. The molecule has 10 heteroatoms. The van der Waals surface area contributed by atoms with Gasteiger partial charge >= 0.3 is 0 Å². The Labute approximate surface area is 209 Å². The molecule has 1 aliphatic rings. The van der Waals surface area contributed by atoms with Gasteiger partial charge < -0.3 is 15.2 Å². The number of hydrogen-bond acceptors (Lipinski definition) is 8. The molecular weight excluding hydrogens is 472 g/mol. The van der Waals surface area contributed by atoms with Crippen LogP contribution in [0.3, 0.4) is 0 Å². The molecule has 3 rings (SSSR count). The first kappa shape index (κ1) is 26.3. The van der Waals surface area contributed by atoms with E-state index in [0.717, 1.165) is 25.7 Å². The fourth-order valence-electron chi connectivity index (χ4n) is 3.74. The van der Waals surface area contributed by atoms with Crippen molar-refractivity contribution in [3.05, 3.63) is 45.2 Å². The molecule has 8 nitrogen and oxygen atoms in total. The number of fused-ring (bicyclic) bond motifs is 1. The lowest BCUT2D eigenvalue weighted by atomic mass is 9.99. The summed E-state index contributed by atoms with van der Waals surface area (Å²) in [6.45, 7) is 5.82. The van der Waals surface area contributed by atoms with Crippen LogP contribution in [0.2, 0.25) is 0 Å². The molecule has 0 saturated carbocycles. The number of unbranched alkanes of at least 4 members (excludes halogenated alkanes) is 1. The van der Waals surface area contributed by atoms with E-state index in [1.54, 1.807) is 29.3 Å². The Morgan fingerprint density at radius 2 is 2.12 bits per heavy atom. The van der Waals surface area contributed by atoms with Crippen molar-refractivity contribution in [1.82, 2.24) is 14.3 Å². The number of pyridine rings is 1. The number of aromatic nitrogens is 2. The molecule has 2 aromatic rings. The summed E-state index contributed by atoms with van der Waals surface area (Å²) in [7, 11) is 0. The van der Waals surface area contributed by atoms with Gasteiger partial charge in [0, 0.05) is 19.3 Å². The first-order valence-electron chi connectivity index (χ1n) is 11.7. The van der Waals surface area contributed by atoms with E-state index in [4.69, 9.17) is 22.1 Å². The van der Waals surface area contributed by atoms with E-state index in [-0.39, 0.29) is 24.7 Å². The fraction of sp³-hybridized carbons (Fsp3) is 0.500. The second-order valence-corrected chi connectivity index (χ2v) is 9.76. The Bertz CT molecular complexity index is 1100. The molecule has 1 aliphatic heterocycles. The number of thioether (sulfide) groups is 1. The molecular formula is C24H32N4O4S2. The van der Waals surface area contributed by atoms with Gasteiger partial charge in [-0.05, 0) is 30.5 Å². The summed E-state index contributed by atoms with van der Waals surface area (Å²) in [6, 6.07) is 5.32. The van der Waals surface area contributed by atoms with Crippen molar-refractivity contribution in [2.24, 2.45) is 5.92 Å². The van der Waals surface area contributed by atoms with E-state index in [1.807, 2.05) is 6.07 Å². The van der Waals surface area contributed by atoms with Gasteiger partial charge in [0.05, 0.1) is 30.3 Å². The van der Waals surface area contributed by atoms with E-state index in [1.165, 1.54) is 16.2 Å². The van der Waals surface area contributed by atoms with Gasteiger partial charge in [-0.25, -0.2) is 4.98 Å². The van der Waals surface area contributed by atoms with Crippen LogP contribution in [0.25, 0.3) is 11.7 Å². The van der Waals surface area contributed by atoms with Crippen LogP contribution in [0, 0.1) is 5.92 Å². The van der Waals surface area contributed by atoms with E-state index < -0.39 is 0 Å². The number of anilines is 1. The molecule has 3 heterocycles. The van der Waals surface area contributed by atoms with Crippen molar-refractivity contribution in [2.75, 3.05) is 38.2 Å². The van der Waals surface area contributed by atoms with Gasteiger partial charge in [-0.2, -0.15) is 0 Å². The van der Waals surface area contributed by atoms with Gasteiger partial charge in [0.25, 0.3) is 11.5 Å². The van der Waals surface area contributed by atoms with Gasteiger partial charge in [-0.15, -0.1) is 0 Å². The standard InChI is InChI=1S/C24H32N4O4S2/c1-3-5-8-17(4-2)16-28-23(31)19(34-24(28)33)15-18-21(25-10-13-32-14-12-29)26-20-9-6-7-11-27(20)22(18)30/h6-7,9,11,15,17,25,29H,3-5,8,10,12-14,16H2,1-2H3/b19-15-/t17-/m1/s1. The van der Waals surface area contributed by atoms with Gasteiger partial charge in [-0.3, -0.25) is 18.9 Å². The highest BCUT2D eigenvalue weighted by atomic mass is 32.2. The smallest absolute Gasteiger partial charge is 0.267 e. The molecule has 1 saturated heterocycles. The van der Waals surface area contributed by atoms with Crippen LogP contribution in [0.5, 0.6) is 0 Å². The number of rotatable bonds is 13. The zero-order valence-electron chi connectivity index (χ0n) is 19.7. The Hall–Kier alpha value is -2.27. The number of amides is 1. The lowest BCUT2D eigenvalue weighted by Gasteiger charge is -2.21. The maximum atomic E-state index is 13.3. The average Bonchev–Trinajstić information content (AvgIpc) is 3.10. The van der Waals surface area contributed by atoms with Crippen LogP contribution in [-0.2, 0) is 9.53 Å². The summed E-state index contributed by atoms with van der Waals surface area (Å²) < 4.78 is 7.27. The summed E-state index contributed by atoms with van der Waals surface area (Å²) in [5.74, 6) is 0.606. The molecule has 184 valence electrons. The maximum absolute atomic E-state index is 13.3. The van der Waals surface area contributed by atoms with Crippen molar-refractivity contribution in [1.29, 1.82) is 0 Å². The van der Waals surface area contributed by atoms with Crippen LogP contribution in [0.15, 0.2) is 34.1 Å². The molecule has 0 aliphatic carbocycles. The minimum Gasteiger partial charge on any atom is -0.394 e. The van der Waals surface area contributed by atoms with Crippen molar-refractivity contribution >= 4 is 51.7 Å². The number of carbonyl (C=O) groups excluding carboxylic acids is 1. The molecule has 0 radical (unpaired) electrons. The number of ether oxygens (including phenoxy) is 1. The summed E-state index contributed by atoms with van der Waals surface area (Å²) in [5, 5.41) is 12.0. The predicted molar refractivity (Wildman–Crippen MR) is 141 cm³/mol. The van der Waals surface area contributed by atoms with E-state index in [9.17, 15) is 9.59 Å². The normalized spacial score (nSPS) is 16.1. The lowest BCUT2D eigenvalue weighted by molar-refractivity contribution is -0.122. The van der Waals surface area contributed by atoms with Crippen LogP contribution < -0.4 is 10.9 Å². The molecule has 2 N–H and O–H groups in total. The molecule has 0 aromatic carbocycles. The third kappa shape index (κ3) is 6.44. The summed E-state index contributed by atoms with van der Waals surface area (Å²) >= 11 is 6.74. The zero-order chi connectivity index (χ0) is 24.5. The van der Waals surface area contributed by atoms with Crippen LogP contribution in [0.4, 0.5) is 5.82 Å². The van der Waals surface area contributed by atoms with Crippen molar-refractivity contribution in [2.45, 2.75) is 39.5 Å². The Balaban J connectivity index is 1.89. The number of carbonyl (C=O) groups is 1. The van der Waals surface area contributed by atoms with Crippen LogP contribution in [0.1, 0.15) is 45.1 Å². The Morgan fingerprint density at radius 3 is 2.85 bits per heavy atom. The molecule has 2 aromatic heterocycles. The largest absolute Gasteiger partial charge is 0.394 e. The first-order valence-corrected chi connectivity index (χ1v) is 12.9. The third-order valence-electron chi connectivity index (χ3n) is 5.68.